The molecule has 1 fully saturated rings. The predicted octanol–water partition coefficient (Wildman–Crippen LogP) is 1.37. The molecule has 120 valence electrons. The van der Waals surface area contributed by atoms with Gasteiger partial charge in [-0.05, 0) is 17.7 Å². The van der Waals surface area contributed by atoms with Crippen molar-refractivity contribution in [2.45, 2.75) is 10.4 Å². The number of benzene rings is 2. The van der Waals surface area contributed by atoms with Crippen LogP contribution in [0.25, 0.3) is 0 Å². The molecule has 1 aliphatic heterocycles. The van der Waals surface area contributed by atoms with Crippen molar-refractivity contribution in [3.05, 3.63) is 70.3 Å². The zero-order chi connectivity index (χ0) is 16.5. The van der Waals surface area contributed by atoms with Gasteiger partial charge in [-0.3, -0.25) is 10.1 Å². The Morgan fingerprint density at radius 3 is 2.13 bits per heavy atom. The van der Waals surface area contributed by atoms with E-state index in [-0.39, 0.29) is 10.6 Å². The topological polar surface area (TPSA) is 101 Å². The van der Waals surface area contributed by atoms with Gasteiger partial charge in [-0.2, -0.15) is 4.72 Å². The average molecular weight is 333 g/mol. The van der Waals surface area contributed by atoms with E-state index in [1.165, 1.54) is 24.3 Å². The molecule has 1 aliphatic rings. The molecule has 7 nitrogen and oxygen atoms in total. The number of nitro benzene ring substituents is 1. The Balaban J connectivity index is 1.89. The molecular weight excluding hydrogens is 318 g/mol. The van der Waals surface area contributed by atoms with Crippen molar-refractivity contribution >= 4 is 15.7 Å². The lowest BCUT2D eigenvalue weighted by atomic mass is 9.85. The highest BCUT2D eigenvalue weighted by Gasteiger charge is 2.42. The molecule has 23 heavy (non-hydrogen) atoms. The van der Waals surface area contributed by atoms with E-state index in [0.29, 0.717) is 13.1 Å². The Labute approximate surface area is 133 Å². The Kier molecular flexibility index (Phi) is 3.88. The molecule has 2 aromatic rings. The second-order valence-electron chi connectivity index (χ2n) is 5.41. The molecule has 2 aromatic carbocycles. The maximum Gasteiger partial charge on any atom is 0.269 e. The highest BCUT2D eigenvalue weighted by molar-refractivity contribution is 7.89. The lowest BCUT2D eigenvalue weighted by molar-refractivity contribution is -0.384. The maximum atomic E-state index is 12.6. The Bertz CT molecular complexity index is 816. The molecule has 0 unspecified atom stereocenters. The number of nitro groups is 1. The molecule has 8 heteroatoms. The first-order valence-electron chi connectivity index (χ1n) is 6.98. The SMILES string of the molecule is O=[N+]([O-])c1ccc(S(=O)(=O)NC2(c3ccccc3)CNC2)cc1. The van der Waals surface area contributed by atoms with Gasteiger partial charge in [0.05, 0.1) is 15.4 Å². The fourth-order valence-corrected chi connectivity index (χ4v) is 3.92. The van der Waals surface area contributed by atoms with Crippen LogP contribution in [0.5, 0.6) is 0 Å². The summed E-state index contributed by atoms with van der Waals surface area (Å²) >= 11 is 0. The fourth-order valence-electron chi connectivity index (χ4n) is 2.53. The molecule has 1 heterocycles. The summed E-state index contributed by atoms with van der Waals surface area (Å²) in [5.41, 5.74) is 0.0401. The largest absolute Gasteiger partial charge is 0.312 e. The van der Waals surface area contributed by atoms with Crippen LogP contribution in [0.15, 0.2) is 59.5 Å². The van der Waals surface area contributed by atoms with Crippen LogP contribution < -0.4 is 10.0 Å². The molecule has 2 N–H and O–H groups in total. The molecule has 0 aromatic heterocycles. The quantitative estimate of drug-likeness (QED) is 0.636. The normalized spacial score (nSPS) is 16.5. The standard InChI is InChI=1S/C15H15N3O4S/c19-18(20)13-6-8-14(9-7-13)23(21,22)17-15(10-16-11-15)12-4-2-1-3-5-12/h1-9,16-17H,10-11H2. The summed E-state index contributed by atoms with van der Waals surface area (Å²) in [4.78, 5) is 10.1. The second kappa shape index (κ2) is 5.73. The average Bonchev–Trinajstić information content (AvgIpc) is 2.52. The van der Waals surface area contributed by atoms with Crippen molar-refractivity contribution < 1.29 is 13.3 Å². The summed E-state index contributed by atoms with van der Waals surface area (Å²) in [6, 6.07) is 14.2. The molecule has 0 radical (unpaired) electrons. The first-order chi connectivity index (χ1) is 10.9. The summed E-state index contributed by atoms with van der Waals surface area (Å²) < 4.78 is 27.9. The molecule has 0 spiro atoms. The molecule has 0 atom stereocenters. The predicted molar refractivity (Wildman–Crippen MR) is 84.4 cm³/mol. The van der Waals surface area contributed by atoms with Gasteiger partial charge in [-0.1, -0.05) is 30.3 Å². The van der Waals surface area contributed by atoms with E-state index in [1.54, 1.807) is 0 Å². The molecule has 0 saturated carbocycles. The molecule has 0 aliphatic carbocycles. The van der Waals surface area contributed by atoms with Crippen molar-refractivity contribution in [3.8, 4) is 0 Å². The van der Waals surface area contributed by atoms with Crippen LogP contribution in [0.4, 0.5) is 5.69 Å². The molecule has 3 rings (SSSR count). The Hall–Kier alpha value is -2.29. The number of rotatable bonds is 5. The van der Waals surface area contributed by atoms with Crippen LogP contribution in [-0.2, 0) is 15.6 Å². The molecule has 1 saturated heterocycles. The van der Waals surface area contributed by atoms with E-state index in [1.807, 2.05) is 30.3 Å². The van der Waals surface area contributed by atoms with Gasteiger partial charge < -0.3 is 5.32 Å². The van der Waals surface area contributed by atoms with Crippen LogP contribution >= 0.6 is 0 Å². The Morgan fingerprint density at radius 1 is 1.04 bits per heavy atom. The van der Waals surface area contributed by atoms with Gasteiger partial charge in [0.1, 0.15) is 0 Å². The van der Waals surface area contributed by atoms with E-state index in [2.05, 4.69) is 10.0 Å². The smallest absolute Gasteiger partial charge is 0.269 e. The third-order valence-electron chi connectivity index (χ3n) is 3.87. The van der Waals surface area contributed by atoms with Crippen molar-refractivity contribution in [3.63, 3.8) is 0 Å². The summed E-state index contributed by atoms with van der Waals surface area (Å²) in [6.07, 6.45) is 0. The lowest BCUT2D eigenvalue weighted by Crippen LogP contribution is -2.66. The highest BCUT2D eigenvalue weighted by Crippen LogP contribution is 2.28. The third-order valence-corrected chi connectivity index (χ3v) is 5.42. The Morgan fingerprint density at radius 2 is 1.65 bits per heavy atom. The van der Waals surface area contributed by atoms with Crippen LogP contribution in [0, 0.1) is 10.1 Å². The van der Waals surface area contributed by atoms with E-state index >= 15 is 0 Å². The van der Waals surface area contributed by atoms with Gasteiger partial charge in [0.15, 0.2) is 0 Å². The zero-order valence-corrected chi connectivity index (χ0v) is 12.9. The number of hydrogen-bond acceptors (Lipinski definition) is 5. The van der Waals surface area contributed by atoms with Gasteiger partial charge in [-0.15, -0.1) is 0 Å². The number of nitrogens with zero attached hydrogens (tertiary/aromatic N) is 1. The minimum absolute atomic E-state index is 0.00491. The molecule has 0 bridgehead atoms. The molecular formula is C15H15N3O4S. The van der Waals surface area contributed by atoms with Gasteiger partial charge in [0.25, 0.3) is 5.69 Å². The van der Waals surface area contributed by atoms with Crippen LogP contribution in [0.2, 0.25) is 0 Å². The van der Waals surface area contributed by atoms with Crippen molar-refractivity contribution in [2.75, 3.05) is 13.1 Å². The first-order valence-corrected chi connectivity index (χ1v) is 8.46. The number of nitrogens with one attached hydrogen (secondary N) is 2. The second-order valence-corrected chi connectivity index (χ2v) is 7.09. The van der Waals surface area contributed by atoms with E-state index < -0.39 is 20.5 Å². The minimum Gasteiger partial charge on any atom is -0.312 e. The monoisotopic (exact) mass is 333 g/mol. The number of non-ortho nitro benzene ring substituents is 1. The van der Waals surface area contributed by atoms with Gasteiger partial charge in [-0.25, -0.2) is 8.42 Å². The van der Waals surface area contributed by atoms with Gasteiger partial charge >= 0.3 is 0 Å². The number of hydrogen-bond donors (Lipinski definition) is 2. The maximum absolute atomic E-state index is 12.6. The lowest BCUT2D eigenvalue weighted by Gasteiger charge is -2.43. The summed E-state index contributed by atoms with van der Waals surface area (Å²) in [7, 11) is -3.78. The van der Waals surface area contributed by atoms with E-state index in [9.17, 15) is 18.5 Å². The van der Waals surface area contributed by atoms with E-state index in [0.717, 1.165) is 5.56 Å². The number of sulfonamides is 1. The summed E-state index contributed by atoms with van der Waals surface area (Å²) in [6.45, 7) is 0.979. The van der Waals surface area contributed by atoms with Crippen LogP contribution in [0.3, 0.4) is 0 Å². The van der Waals surface area contributed by atoms with Crippen molar-refractivity contribution in [1.82, 2.24) is 10.0 Å². The van der Waals surface area contributed by atoms with Crippen LogP contribution in [-0.4, -0.2) is 26.4 Å². The summed E-state index contributed by atoms with van der Waals surface area (Å²) in [5, 5.41) is 13.7. The van der Waals surface area contributed by atoms with Gasteiger partial charge in [0.2, 0.25) is 10.0 Å². The highest BCUT2D eigenvalue weighted by atomic mass is 32.2. The first kappa shape index (κ1) is 15.6. The molecule has 0 amide bonds. The third kappa shape index (κ3) is 2.96. The summed E-state index contributed by atoms with van der Waals surface area (Å²) in [5.74, 6) is 0. The van der Waals surface area contributed by atoms with Crippen molar-refractivity contribution in [1.29, 1.82) is 0 Å². The fraction of sp³-hybridized carbons (Fsp3) is 0.200. The van der Waals surface area contributed by atoms with Crippen LogP contribution in [0.1, 0.15) is 5.56 Å². The van der Waals surface area contributed by atoms with E-state index in [4.69, 9.17) is 0 Å². The van der Waals surface area contributed by atoms with Gasteiger partial charge in [0, 0.05) is 25.2 Å². The van der Waals surface area contributed by atoms with Crippen molar-refractivity contribution in [2.24, 2.45) is 0 Å². The zero-order valence-electron chi connectivity index (χ0n) is 12.1. The minimum atomic E-state index is -3.78.